The lowest BCUT2D eigenvalue weighted by Crippen LogP contribution is -2.06. The van der Waals surface area contributed by atoms with Crippen molar-refractivity contribution < 1.29 is 0 Å². The lowest BCUT2D eigenvalue weighted by Gasteiger charge is -2.21. The van der Waals surface area contributed by atoms with Crippen LogP contribution in [0.25, 0.3) is 75.1 Å². The van der Waals surface area contributed by atoms with E-state index in [0.29, 0.717) is 0 Å². The van der Waals surface area contributed by atoms with Crippen LogP contribution in [0.4, 0.5) is 0 Å². The summed E-state index contributed by atoms with van der Waals surface area (Å²) < 4.78 is 2.69. The summed E-state index contributed by atoms with van der Waals surface area (Å²) in [5.41, 5.74) is 11.5. The summed E-state index contributed by atoms with van der Waals surface area (Å²) in [5, 5.41) is 7.81. The minimum atomic E-state index is 0.190. The Bertz CT molecular complexity index is 2930. The highest BCUT2D eigenvalue weighted by atomic mass is 32.1. The molecule has 1 aromatic heterocycles. The molecule has 1 heteroatoms. The highest BCUT2D eigenvalue weighted by Gasteiger charge is 2.21. The molecule has 1 unspecified atom stereocenters. The standard InChI is InChI=1S/C52H36S/c1-2-11-36(12-3-1)39-15-9-18-46(34-39)49(47-20-10-22-51-52(47)48-19-6-7-21-50(48)53-51)30-35-23-24-43-33-45(28-27-42(43)29-35)41-17-8-16-40(32-41)44-26-25-37-13-4-5-14-38(37)31-44/h1-29,31-34,49H,30H2. The fourth-order valence-corrected chi connectivity index (χ4v) is 9.29. The van der Waals surface area contributed by atoms with Gasteiger partial charge in [0, 0.05) is 26.1 Å². The van der Waals surface area contributed by atoms with Gasteiger partial charge in [-0.25, -0.2) is 0 Å². The van der Waals surface area contributed by atoms with Crippen molar-refractivity contribution in [1.29, 1.82) is 0 Å². The van der Waals surface area contributed by atoms with Crippen molar-refractivity contribution >= 4 is 53.1 Å². The van der Waals surface area contributed by atoms with E-state index >= 15 is 0 Å². The van der Waals surface area contributed by atoms with Crippen molar-refractivity contribution in [3.63, 3.8) is 0 Å². The van der Waals surface area contributed by atoms with Crippen LogP contribution in [0, 0.1) is 0 Å². The second-order valence-corrected chi connectivity index (χ2v) is 15.2. The molecule has 0 spiro atoms. The summed E-state index contributed by atoms with van der Waals surface area (Å²) in [6.45, 7) is 0. The molecule has 0 aliphatic rings. The second kappa shape index (κ2) is 13.4. The number of hydrogen-bond acceptors (Lipinski definition) is 1. The van der Waals surface area contributed by atoms with Gasteiger partial charge in [0.25, 0.3) is 0 Å². The number of rotatable bonds is 7. The molecule has 0 amide bonds. The molecule has 0 saturated carbocycles. The predicted octanol–water partition coefficient (Wildman–Crippen LogP) is 14.7. The third-order valence-corrected chi connectivity index (χ3v) is 12.0. The molecular weight excluding hydrogens is 657 g/mol. The number of hydrogen-bond donors (Lipinski definition) is 0. The molecule has 10 rings (SSSR count). The molecule has 0 N–H and O–H groups in total. The molecule has 0 radical (unpaired) electrons. The van der Waals surface area contributed by atoms with Crippen LogP contribution in [0.15, 0.2) is 200 Å². The van der Waals surface area contributed by atoms with Gasteiger partial charge in [0.15, 0.2) is 0 Å². The topological polar surface area (TPSA) is 0 Å². The molecule has 250 valence electrons. The fraction of sp³-hybridized carbons (Fsp3) is 0.0385. The summed E-state index contributed by atoms with van der Waals surface area (Å²) >= 11 is 1.90. The van der Waals surface area contributed by atoms with Gasteiger partial charge in [-0.2, -0.15) is 0 Å². The van der Waals surface area contributed by atoms with Gasteiger partial charge in [0.2, 0.25) is 0 Å². The van der Waals surface area contributed by atoms with Crippen LogP contribution in [-0.4, -0.2) is 0 Å². The van der Waals surface area contributed by atoms with Crippen molar-refractivity contribution in [3.8, 4) is 33.4 Å². The zero-order chi connectivity index (χ0) is 35.1. The summed E-state index contributed by atoms with van der Waals surface area (Å²) in [4.78, 5) is 0. The van der Waals surface area contributed by atoms with Crippen LogP contribution in [0.5, 0.6) is 0 Å². The molecule has 1 heterocycles. The largest absolute Gasteiger partial charge is 0.135 e. The maximum Gasteiger partial charge on any atom is 0.0358 e. The molecule has 0 aliphatic carbocycles. The van der Waals surface area contributed by atoms with Crippen LogP contribution in [0.3, 0.4) is 0 Å². The van der Waals surface area contributed by atoms with E-state index in [9.17, 15) is 0 Å². The van der Waals surface area contributed by atoms with E-state index in [-0.39, 0.29) is 5.92 Å². The normalized spacial score (nSPS) is 12.2. The fourth-order valence-electron chi connectivity index (χ4n) is 8.15. The first-order valence-electron chi connectivity index (χ1n) is 18.4. The van der Waals surface area contributed by atoms with E-state index in [2.05, 4.69) is 200 Å². The van der Waals surface area contributed by atoms with Crippen molar-refractivity contribution in [2.45, 2.75) is 12.3 Å². The van der Waals surface area contributed by atoms with Crippen molar-refractivity contribution in [3.05, 3.63) is 217 Å². The van der Waals surface area contributed by atoms with Crippen LogP contribution in [0.1, 0.15) is 22.6 Å². The minimum Gasteiger partial charge on any atom is -0.135 e. The maximum absolute atomic E-state index is 2.41. The quantitative estimate of drug-likeness (QED) is 0.156. The van der Waals surface area contributed by atoms with Crippen LogP contribution < -0.4 is 0 Å². The number of thiophene rings is 1. The van der Waals surface area contributed by atoms with Gasteiger partial charge in [0.05, 0.1) is 0 Å². The van der Waals surface area contributed by atoms with E-state index in [1.54, 1.807) is 0 Å². The van der Waals surface area contributed by atoms with Gasteiger partial charge >= 0.3 is 0 Å². The first kappa shape index (κ1) is 31.5. The second-order valence-electron chi connectivity index (χ2n) is 14.1. The molecule has 10 aromatic rings. The zero-order valence-electron chi connectivity index (χ0n) is 29.2. The van der Waals surface area contributed by atoms with Crippen LogP contribution in [0.2, 0.25) is 0 Å². The van der Waals surface area contributed by atoms with Gasteiger partial charge in [-0.15, -0.1) is 11.3 Å². The van der Waals surface area contributed by atoms with Crippen molar-refractivity contribution in [2.75, 3.05) is 0 Å². The van der Waals surface area contributed by atoms with E-state index in [1.165, 1.54) is 91.8 Å². The molecule has 9 aromatic carbocycles. The first-order valence-corrected chi connectivity index (χ1v) is 19.2. The summed E-state index contributed by atoms with van der Waals surface area (Å²) in [7, 11) is 0. The number of fused-ring (bicyclic) bond motifs is 5. The van der Waals surface area contributed by atoms with Crippen molar-refractivity contribution in [1.82, 2.24) is 0 Å². The molecule has 0 aliphatic heterocycles. The lowest BCUT2D eigenvalue weighted by atomic mass is 9.82. The summed E-state index contributed by atoms with van der Waals surface area (Å²) in [6.07, 6.45) is 0.910. The Hall–Kier alpha value is -6.28. The van der Waals surface area contributed by atoms with Gasteiger partial charge < -0.3 is 0 Å². The van der Waals surface area contributed by atoms with Crippen LogP contribution in [-0.2, 0) is 6.42 Å². The Kier molecular flexibility index (Phi) is 7.93. The van der Waals surface area contributed by atoms with Crippen LogP contribution >= 0.6 is 11.3 Å². The molecule has 0 saturated heterocycles. The van der Waals surface area contributed by atoms with Gasteiger partial charge in [-0.05, 0) is 108 Å². The lowest BCUT2D eigenvalue weighted by molar-refractivity contribution is 0.814. The number of benzene rings is 9. The molecular formula is C52H36S. The molecule has 0 nitrogen and oxygen atoms in total. The van der Waals surface area contributed by atoms with E-state index < -0.39 is 0 Å². The molecule has 0 bridgehead atoms. The maximum atomic E-state index is 2.41. The SMILES string of the molecule is c1ccc(-c2cccc(C(Cc3ccc4cc(-c5cccc(-c6ccc7ccccc7c6)c5)ccc4c3)c3cccc4sc5ccccc5c34)c2)cc1. The zero-order valence-corrected chi connectivity index (χ0v) is 30.1. The Morgan fingerprint density at radius 2 is 0.925 bits per heavy atom. The average molecular weight is 693 g/mol. The average Bonchev–Trinajstić information content (AvgIpc) is 3.62. The van der Waals surface area contributed by atoms with Gasteiger partial charge in [-0.3, -0.25) is 0 Å². The Morgan fingerprint density at radius 3 is 1.75 bits per heavy atom. The summed E-state index contributed by atoms with van der Waals surface area (Å²) in [6, 6.07) is 74.0. The van der Waals surface area contributed by atoms with E-state index in [1.807, 2.05) is 11.3 Å². The van der Waals surface area contributed by atoms with E-state index in [4.69, 9.17) is 0 Å². The highest BCUT2D eigenvalue weighted by molar-refractivity contribution is 7.25. The minimum absolute atomic E-state index is 0.190. The Morgan fingerprint density at radius 1 is 0.358 bits per heavy atom. The Labute approximate surface area is 314 Å². The molecule has 1 atom stereocenters. The third kappa shape index (κ3) is 6.00. The Balaban J connectivity index is 1.02. The summed E-state index contributed by atoms with van der Waals surface area (Å²) in [5.74, 6) is 0.190. The molecule has 53 heavy (non-hydrogen) atoms. The van der Waals surface area contributed by atoms with Gasteiger partial charge in [-0.1, -0.05) is 170 Å². The highest BCUT2D eigenvalue weighted by Crippen LogP contribution is 2.42. The van der Waals surface area contributed by atoms with Gasteiger partial charge in [0.1, 0.15) is 0 Å². The third-order valence-electron chi connectivity index (χ3n) is 10.8. The molecule has 0 fully saturated rings. The monoisotopic (exact) mass is 692 g/mol. The van der Waals surface area contributed by atoms with E-state index in [0.717, 1.165) is 6.42 Å². The smallest absolute Gasteiger partial charge is 0.0358 e. The van der Waals surface area contributed by atoms with Crippen molar-refractivity contribution in [2.24, 2.45) is 0 Å². The predicted molar refractivity (Wildman–Crippen MR) is 229 cm³/mol. The first-order chi connectivity index (χ1) is 26.2.